The first-order chi connectivity index (χ1) is 17.4. The van der Waals surface area contributed by atoms with E-state index in [1.165, 1.54) is 16.7 Å². The molecule has 0 amide bonds. The molecule has 0 N–H and O–H groups in total. The van der Waals surface area contributed by atoms with Gasteiger partial charge in [-0.3, -0.25) is 4.99 Å². The van der Waals surface area contributed by atoms with Crippen molar-refractivity contribution in [3.63, 3.8) is 0 Å². The molecule has 1 aliphatic heterocycles. The van der Waals surface area contributed by atoms with E-state index < -0.39 is 0 Å². The van der Waals surface area contributed by atoms with Crippen LogP contribution >= 0.6 is 11.8 Å². The Bertz CT molecular complexity index is 915. The number of rotatable bonds is 15. The molecule has 0 saturated carbocycles. The van der Waals surface area contributed by atoms with Crippen LogP contribution in [0.4, 0.5) is 0 Å². The highest BCUT2D eigenvalue weighted by Crippen LogP contribution is 2.48. The summed E-state index contributed by atoms with van der Waals surface area (Å²) in [7, 11) is 0. The van der Waals surface area contributed by atoms with Crippen molar-refractivity contribution in [3.8, 4) is 0 Å². The lowest BCUT2D eigenvalue weighted by atomic mass is 9.84. The van der Waals surface area contributed by atoms with Crippen LogP contribution in [0.15, 0.2) is 96.0 Å². The molecule has 3 aromatic rings. The molecule has 0 saturated heterocycles. The fourth-order valence-electron chi connectivity index (χ4n) is 4.33. The van der Waals surface area contributed by atoms with Crippen LogP contribution in [-0.2, 0) is 19.0 Å². The maximum Gasteiger partial charge on any atom is 0.183 e. The highest BCUT2D eigenvalue weighted by atomic mass is 32.2. The molecule has 5 heteroatoms. The molecule has 0 atom stereocenters. The fraction of sp³-hybridized carbons (Fsp3) is 0.367. The van der Waals surface area contributed by atoms with Crippen molar-refractivity contribution >= 4 is 17.7 Å². The molecule has 3 aromatic carbocycles. The van der Waals surface area contributed by atoms with E-state index >= 15 is 0 Å². The van der Waals surface area contributed by atoms with E-state index in [9.17, 15) is 0 Å². The van der Waals surface area contributed by atoms with Gasteiger partial charge in [0, 0.05) is 19.6 Å². The zero-order chi connectivity index (χ0) is 24.0. The minimum atomic E-state index is -0.264. The van der Waals surface area contributed by atoms with Crippen LogP contribution in [0, 0.1) is 0 Å². The summed E-state index contributed by atoms with van der Waals surface area (Å²) in [5.74, 6) is 1.86. The molecule has 0 bridgehead atoms. The van der Waals surface area contributed by atoms with Gasteiger partial charge in [0.2, 0.25) is 0 Å². The zero-order valence-electron chi connectivity index (χ0n) is 20.3. The Labute approximate surface area is 213 Å². The van der Waals surface area contributed by atoms with Gasteiger partial charge in [0.05, 0.1) is 24.5 Å². The second-order valence-electron chi connectivity index (χ2n) is 8.43. The van der Waals surface area contributed by atoms with Gasteiger partial charge in [0.25, 0.3) is 0 Å². The van der Waals surface area contributed by atoms with E-state index in [-0.39, 0.29) is 4.75 Å². The quantitative estimate of drug-likeness (QED) is 0.184. The molecular formula is C30H35NO3S. The van der Waals surface area contributed by atoms with Gasteiger partial charge in [-0.1, -0.05) is 91.0 Å². The first kappa shape index (κ1) is 25.5. The molecule has 1 heterocycles. The topological polar surface area (TPSA) is 40.0 Å². The summed E-state index contributed by atoms with van der Waals surface area (Å²) in [6.45, 7) is 4.23. The van der Waals surface area contributed by atoms with E-state index in [0.29, 0.717) is 13.2 Å². The molecular weight excluding hydrogens is 454 g/mol. The highest BCUT2D eigenvalue weighted by molar-refractivity contribution is 8.00. The third-order valence-electron chi connectivity index (χ3n) is 5.99. The molecule has 0 spiro atoms. The monoisotopic (exact) mass is 489 g/mol. The van der Waals surface area contributed by atoms with Crippen molar-refractivity contribution in [1.82, 2.24) is 0 Å². The number of benzene rings is 3. The van der Waals surface area contributed by atoms with Gasteiger partial charge in [-0.2, -0.15) is 0 Å². The molecule has 1 aliphatic rings. The number of thioether (sulfide) groups is 1. The average molecular weight is 490 g/mol. The minimum absolute atomic E-state index is 0.264. The van der Waals surface area contributed by atoms with Gasteiger partial charge in [-0.05, 0) is 35.3 Å². The molecule has 0 fully saturated rings. The van der Waals surface area contributed by atoms with E-state index in [1.54, 1.807) is 0 Å². The molecule has 0 aliphatic carbocycles. The summed E-state index contributed by atoms with van der Waals surface area (Å²) in [5, 5.41) is 0. The summed E-state index contributed by atoms with van der Waals surface area (Å²) in [6, 6.07) is 32.5. The Morgan fingerprint density at radius 1 is 0.686 bits per heavy atom. The highest BCUT2D eigenvalue weighted by Gasteiger charge is 2.36. The predicted molar refractivity (Wildman–Crippen MR) is 145 cm³/mol. The van der Waals surface area contributed by atoms with Gasteiger partial charge >= 0.3 is 0 Å². The Hall–Kier alpha value is -2.60. The average Bonchev–Trinajstić information content (AvgIpc) is 3.45. The van der Waals surface area contributed by atoms with Gasteiger partial charge in [-0.15, -0.1) is 11.8 Å². The van der Waals surface area contributed by atoms with E-state index in [1.807, 2.05) is 11.8 Å². The lowest BCUT2D eigenvalue weighted by Crippen LogP contribution is -2.26. The van der Waals surface area contributed by atoms with Crippen molar-refractivity contribution in [1.29, 1.82) is 0 Å². The van der Waals surface area contributed by atoms with E-state index in [2.05, 4.69) is 96.0 Å². The van der Waals surface area contributed by atoms with Crippen LogP contribution in [-0.4, -0.2) is 51.2 Å². The van der Waals surface area contributed by atoms with Crippen LogP contribution in [0.2, 0.25) is 0 Å². The number of aliphatic imine (C=N–C) groups is 1. The summed E-state index contributed by atoms with van der Waals surface area (Å²) < 4.78 is 16.7. The Morgan fingerprint density at radius 2 is 1.20 bits per heavy atom. The zero-order valence-corrected chi connectivity index (χ0v) is 21.1. The maximum absolute atomic E-state index is 5.86. The Balaban J connectivity index is 1.28. The molecule has 4 nitrogen and oxygen atoms in total. The van der Waals surface area contributed by atoms with Crippen LogP contribution in [0.5, 0.6) is 0 Å². The van der Waals surface area contributed by atoms with Crippen LogP contribution in [0.1, 0.15) is 36.0 Å². The van der Waals surface area contributed by atoms with Crippen molar-refractivity contribution < 1.29 is 14.2 Å². The minimum Gasteiger partial charge on any atom is -0.479 e. The Kier molecular flexibility index (Phi) is 10.3. The van der Waals surface area contributed by atoms with Crippen molar-refractivity contribution in [2.24, 2.45) is 4.99 Å². The molecule has 0 radical (unpaired) electrons. The van der Waals surface area contributed by atoms with Crippen molar-refractivity contribution in [2.75, 3.05) is 45.3 Å². The standard InChI is InChI=1S/C30H35NO3S/c1-4-12-26(13-5-1)30(27-14-6-2-7-15-27,28-16-8-3-9-17-28)35-25-11-21-33-24-23-32-20-10-18-29-31-19-22-34-29/h1-9,12-17H,10-11,18-25H2. The SMILES string of the molecule is c1ccc(C(SCCCOCCOCCCC2=NCCO2)(c2ccccc2)c2ccccc2)cc1. The number of hydrogen-bond acceptors (Lipinski definition) is 5. The number of nitrogens with zero attached hydrogens (tertiary/aromatic N) is 1. The number of hydrogen-bond donors (Lipinski definition) is 0. The predicted octanol–water partition coefficient (Wildman–Crippen LogP) is 6.34. The number of ether oxygens (including phenoxy) is 3. The second kappa shape index (κ2) is 14.1. The van der Waals surface area contributed by atoms with Gasteiger partial charge < -0.3 is 14.2 Å². The summed E-state index contributed by atoms with van der Waals surface area (Å²) in [4.78, 5) is 4.30. The van der Waals surface area contributed by atoms with Crippen LogP contribution in [0.25, 0.3) is 0 Å². The van der Waals surface area contributed by atoms with Crippen molar-refractivity contribution in [3.05, 3.63) is 108 Å². The normalized spacial score (nSPS) is 13.4. The third kappa shape index (κ3) is 7.20. The fourth-order valence-corrected chi connectivity index (χ4v) is 5.81. The third-order valence-corrected chi connectivity index (χ3v) is 7.62. The van der Waals surface area contributed by atoms with Gasteiger partial charge in [-0.25, -0.2) is 0 Å². The molecule has 4 rings (SSSR count). The molecule has 0 unspecified atom stereocenters. The molecule has 0 aromatic heterocycles. The first-order valence-electron chi connectivity index (χ1n) is 12.5. The van der Waals surface area contributed by atoms with Gasteiger partial charge in [0.1, 0.15) is 6.61 Å². The summed E-state index contributed by atoms with van der Waals surface area (Å²) >= 11 is 1.98. The van der Waals surface area contributed by atoms with E-state index in [0.717, 1.165) is 57.3 Å². The lowest BCUT2D eigenvalue weighted by Gasteiger charge is -2.35. The van der Waals surface area contributed by atoms with Gasteiger partial charge in [0.15, 0.2) is 5.90 Å². The summed E-state index contributed by atoms with van der Waals surface area (Å²) in [6.07, 6.45) is 2.79. The van der Waals surface area contributed by atoms with Crippen LogP contribution in [0.3, 0.4) is 0 Å². The smallest absolute Gasteiger partial charge is 0.183 e. The second-order valence-corrected chi connectivity index (χ2v) is 9.74. The van der Waals surface area contributed by atoms with Crippen LogP contribution < -0.4 is 0 Å². The largest absolute Gasteiger partial charge is 0.479 e. The van der Waals surface area contributed by atoms with E-state index in [4.69, 9.17) is 14.2 Å². The maximum atomic E-state index is 5.86. The first-order valence-corrected chi connectivity index (χ1v) is 13.5. The Morgan fingerprint density at radius 3 is 1.69 bits per heavy atom. The lowest BCUT2D eigenvalue weighted by molar-refractivity contribution is 0.0476. The summed E-state index contributed by atoms with van der Waals surface area (Å²) in [5.41, 5.74) is 3.89. The van der Waals surface area contributed by atoms with Crippen molar-refractivity contribution in [2.45, 2.75) is 24.0 Å². The molecule has 184 valence electrons. The molecule has 35 heavy (non-hydrogen) atoms.